The highest BCUT2D eigenvalue weighted by Crippen LogP contribution is 2.28. The molecule has 0 aliphatic carbocycles. The molecule has 0 atom stereocenters. The molecule has 0 spiro atoms. The molecule has 0 fully saturated rings. The van der Waals surface area contributed by atoms with Crippen LogP contribution in [0.15, 0.2) is 41.1 Å². The Balaban J connectivity index is 2.46. The van der Waals surface area contributed by atoms with Crippen LogP contribution in [0.3, 0.4) is 0 Å². The van der Waals surface area contributed by atoms with Crippen LogP contribution in [-0.2, 0) is 6.42 Å². The molecule has 2 nitrogen and oxygen atoms in total. The number of fused-ring (bicyclic) bond motifs is 3. The van der Waals surface area contributed by atoms with Gasteiger partial charge in [0.2, 0.25) is 0 Å². The molecule has 0 saturated carbocycles. The maximum atomic E-state index is 5.71. The molecule has 2 heterocycles. The molecule has 2 aromatic heterocycles. The van der Waals surface area contributed by atoms with Crippen LogP contribution in [0.5, 0.6) is 0 Å². The molecule has 0 saturated heterocycles. The van der Waals surface area contributed by atoms with Gasteiger partial charge >= 0.3 is 0 Å². The Bertz CT molecular complexity index is 625. The van der Waals surface area contributed by atoms with Crippen molar-refractivity contribution in [3.63, 3.8) is 0 Å². The summed E-state index contributed by atoms with van der Waals surface area (Å²) < 4.78 is 5.71. The monoisotopic (exact) mass is 197 g/mol. The van der Waals surface area contributed by atoms with Gasteiger partial charge in [0.05, 0.1) is 0 Å². The smallest absolute Gasteiger partial charge is 0.138 e. The normalized spacial score (nSPS) is 11.3. The summed E-state index contributed by atoms with van der Waals surface area (Å²) in [6.45, 7) is 2.15. The minimum atomic E-state index is 0.910. The minimum Gasteiger partial charge on any atom is -0.456 e. The van der Waals surface area contributed by atoms with E-state index >= 15 is 0 Å². The van der Waals surface area contributed by atoms with Crippen molar-refractivity contribution in [3.05, 3.63) is 42.2 Å². The van der Waals surface area contributed by atoms with E-state index in [0.29, 0.717) is 0 Å². The standard InChI is InChI=1S/C13H11NO/c1-2-9-3-4-12-10(7-9)11-8-14-6-5-13(11)15-12/h3-8H,2H2,1H3. The molecular formula is C13H11NO. The van der Waals surface area contributed by atoms with Crippen LogP contribution in [0.2, 0.25) is 0 Å². The summed E-state index contributed by atoms with van der Waals surface area (Å²) in [6.07, 6.45) is 4.66. The van der Waals surface area contributed by atoms with Crippen LogP contribution < -0.4 is 0 Å². The summed E-state index contributed by atoms with van der Waals surface area (Å²) in [7, 11) is 0. The first-order valence-corrected chi connectivity index (χ1v) is 5.13. The zero-order valence-electron chi connectivity index (χ0n) is 8.53. The molecule has 1 aromatic carbocycles. The van der Waals surface area contributed by atoms with Crippen molar-refractivity contribution < 1.29 is 4.42 Å². The van der Waals surface area contributed by atoms with E-state index < -0.39 is 0 Å². The van der Waals surface area contributed by atoms with E-state index in [1.807, 2.05) is 18.3 Å². The fourth-order valence-corrected chi connectivity index (χ4v) is 1.89. The molecule has 3 rings (SSSR count). The molecule has 0 unspecified atom stereocenters. The number of rotatable bonds is 1. The summed E-state index contributed by atoms with van der Waals surface area (Å²) in [5.41, 5.74) is 3.18. The Morgan fingerprint density at radius 1 is 1.13 bits per heavy atom. The van der Waals surface area contributed by atoms with Crippen molar-refractivity contribution >= 4 is 21.9 Å². The number of benzene rings is 1. The molecule has 0 aliphatic heterocycles. The molecule has 2 heteroatoms. The lowest BCUT2D eigenvalue weighted by Gasteiger charge is -1.94. The van der Waals surface area contributed by atoms with Gasteiger partial charge in [-0.1, -0.05) is 13.0 Å². The zero-order valence-corrected chi connectivity index (χ0v) is 8.53. The SMILES string of the molecule is CCc1ccc2oc3ccncc3c2c1. The van der Waals surface area contributed by atoms with Crippen LogP contribution >= 0.6 is 0 Å². The van der Waals surface area contributed by atoms with Gasteiger partial charge in [-0.25, -0.2) is 0 Å². The van der Waals surface area contributed by atoms with Crippen molar-refractivity contribution in [2.24, 2.45) is 0 Å². The molecule has 0 radical (unpaired) electrons. The number of nitrogens with zero attached hydrogens (tertiary/aromatic N) is 1. The van der Waals surface area contributed by atoms with E-state index in [4.69, 9.17) is 4.42 Å². The maximum Gasteiger partial charge on any atom is 0.138 e. The van der Waals surface area contributed by atoms with Crippen LogP contribution in [0.4, 0.5) is 0 Å². The second-order valence-corrected chi connectivity index (χ2v) is 3.66. The van der Waals surface area contributed by atoms with Crippen LogP contribution in [0.1, 0.15) is 12.5 Å². The number of hydrogen-bond acceptors (Lipinski definition) is 2. The first-order chi connectivity index (χ1) is 7.38. The largest absolute Gasteiger partial charge is 0.456 e. The van der Waals surface area contributed by atoms with Crippen LogP contribution in [0, 0.1) is 0 Å². The van der Waals surface area contributed by atoms with Gasteiger partial charge in [0.1, 0.15) is 11.2 Å². The van der Waals surface area contributed by atoms with E-state index in [1.54, 1.807) is 6.20 Å². The van der Waals surface area contributed by atoms with Gasteiger partial charge in [-0.05, 0) is 30.2 Å². The number of pyridine rings is 1. The lowest BCUT2D eigenvalue weighted by Crippen LogP contribution is -1.77. The Morgan fingerprint density at radius 3 is 2.87 bits per heavy atom. The molecule has 3 aromatic rings. The third-order valence-corrected chi connectivity index (χ3v) is 2.74. The molecular weight excluding hydrogens is 186 g/mol. The highest BCUT2D eigenvalue weighted by atomic mass is 16.3. The fraction of sp³-hybridized carbons (Fsp3) is 0.154. The van der Waals surface area contributed by atoms with Crippen molar-refractivity contribution in [2.75, 3.05) is 0 Å². The van der Waals surface area contributed by atoms with E-state index in [-0.39, 0.29) is 0 Å². The Morgan fingerprint density at radius 2 is 2.00 bits per heavy atom. The van der Waals surface area contributed by atoms with Crippen molar-refractivity contribution in [1.82, 2.24) is 4.98 Å². The fourth-order valence-electron chi connectivity index (χ4n) is 1.89. The molecule has 0 aliphatic rings. The topological polar surface area (TPSA) is 26.0 Å². The summed E-state index contributed by atoms with van der Waals surface area (Å²) in [4.78, 5) is 4.13. The number of aryl methyl sites for hydroxylation is 1. The summed E-state index contributed by atoms with van der Waals surface area (Å²) in [5, 5.41) is 2.26. The van der Waals surface area contributed by atoms with E-state index in [9.17, 15) is 0 Å². The van der Waals surface area contributed by atoms with Crippen molar-refractivity contribution in [3.8, 4) is 0 Å². The van der Waals surface area contributed by atoms with Gasteiger partial charge < -0.3 is 4.42 Å². The van der Waals surface area contributed by atoms with Gasteiger partial charge in [-0.15, -0.1) is 0 Å². The molecule has 15 heavy (non-hydrogen) atoms. The number of furan rings is 1. The zero-order chi connectivity index (χ0) is 10.3. The Kier molecular flexibility index (Phi) is 1.75. The number of hydrogen-bond donors (Lipinski definition) is 0. The average molecular weight is 197 g/mol. The van der Waals surface area contributed by atoms with Gasteiger partial charge in [0, 0.05) is 23.2 Å². The number of aromatic nitrogens is 1. The second kappa shape index (κ2) is 3.09. The second-order valence-electron chi connectivity index (χ2n) is 3.66. The lowest BCUT2D eigenvalue weighted by atomic mass is 10.1. The predicted molar refractivity (Wildman–Crippen MR) is 60.9 cm³/mol. The molecule has 74 valence electrons. The minimum absolute atomic E-state index is 0.910. The molecule has 0 N–H and O–H groups in total. The maximum absolute atomic E-state index is 5.71. The molecule has 0 bridgehead atoms. The van der Waals surface area contributed by atoms with E-state index in [1.165, 1.54) is 5.56 Å². The average Bonchev–Trinajstić information content (AvgIpc) is 2.66. The van der Waals surface area contributed by atoms with Crippen molar-refractivity contribution in [1.29, 1.82) is 0 Å². The lowest BCUT2D eigenvalue weighted by molar-refractivity contribution is 0.668. The molecule has 0 amide bonds. The summed E-state index contributed by atoms with van der Waals surface area (Å²) in [6, 6.07) is 8.23. The van der Waals surface area contributed by atoms with E-state index in [0.717, 1.165) is 28.4 Å². The Labute approximate surface area is 87.5 Å². The van der Waals surface area contributed by atoms with Gasteiger partial charge in [-0.2, -0.15) is 0 Å². The van der Waals surface area contributed by atoms with E-state index in [2.05, 4.69) is 24.0 Å². The summed E-state index contributed by atoms with van der Waals surface area (Å²) >= 11 is 0. The van der Waals surface area contributed by atoms with Gasteiger partial charge in [-0.3, -0.25) is 4.98 Å². The highest BCUT2D eigenvalue weighted by Gasteiger charge is 2.06. The first-order valence-electron chi connectivity index (χ1n) is 5.13. The quantitative estimate of drug-likeness (QED) is 0.596. The van der Waals surface area contributed by atoms with Crippen molar-refractivity contribution in [2.45, 2.75) is 13.3 Å². The van der Waals surface area contributed by atoms with Crippen LogP contribution in [-0.4, -0.2) is 4.98 Å². The highest BCUT2D eigenvalue weighted by molar-refractivity contribution is 6.04. The van der Waals surface area contributed by atoms with Crippen LogP contribution in [0.25, 0.3) is 21.9 Å². The predicted octanol–water partition coefficient (Wildman–Crippen LogP) is 3.54. The van der Waals surface area contributed by atoms with Gasteiger partial charge in [0.25, 0.3) is 0 Å². The van der Waals surface area contributed by atoms with Gasteiger partial charge in [0.15, 0.2) is 0 Å². The Hall–Kier alpha value is -1.83. The third kappa shape index (κ3) is 1.22. The third-order valence-electron chi connectivity index (χ3n) is 2.74. The first kappa shape index (κ1) is 8.48. The summed E-state index contributed by atoms with van der Waals surface area (Å²) in [5.74, 6) is 0.